The molecule has 0 saturated heterocycles. The van der Waals surface area contributed by atoms with Crippen molar-refractivity contribution in [2.24, 2.45) is 0 Å². The molecule has 0 aliphatic carbocycles. The Labute approximate surface area is 133 Å². The fraction of sp³-hybridized carbons (Fsp3) is 0.125. The molecule has 0 aliphatic heterocycles. The van der Waals surface area contributed by atoms with Gasteiger partial charge in [0.2, 0.25) is 0 Å². The standard InChI is InChI=1S/C16H11F4NO3/c17-9-3-1-8(2-4-9)5-13(16(23)24)21-15(22)14-11(19)6-10(18)7-12(14)20/h1-4,6-7,13H,5H2,(H,21,22)(H,23,24)/t13-/m1/s1. The van der Waals surface area contributed by atoms with Crippen LogP contribution in [0, 0.1) is 23.3 Å². The van der Waals surface area contributed by atoms with E-state index in [0.717, 1.165) is 12.1 Å². The number of hydrogen-bond acceptors (Lipinski definition) is 2. The zero-order valence-electron chi connectivity index (χ0n) is 12.0. The Balaban J connectivity index is 2.20. The minimum atomic E-state index is -1.51. The van der Waals surface area contributed by atoms with E-state index in [1.807, 2.05) is 5.32 Å². The molecular formula is C16H11F4NO3. The van der Waals surface area contributed by atoms with Crippen LogP contribution in [0.25, 0.3) is 0 Å². The van der Waals surface area contributed by atoms with Crippen LogP contribution >= 0.6 is 0 Å². The summed E-state index contributed by atoms with van der Waals surface area (Å²) in [6, 6.07) is 3.96. The average Bonchev–Trinajstić information content (AvgIpc) is 2.47. The second-order valence-electron chi connectivity index (χ2n) is 4.94. The number of aliphatic carboxylic acids is 1. The van der Waals surface area contributed by atoms with Gasteiger partial charge in [-0.2, -0.15) is 0 Å². The summed E-state index contributed by atoms with van der Waals surface area (Å²) in [5, 5.41) is 11.1. The van der Waals surface area contributed by atoms with Crippen LogP contribution in [0.3, 0.4) is 0 Å². The van der Waals surface area contributed by atoms with Crippen molar-refractivity contribution in [1.29, 1.82) is 0 Å². The van der Waals surface area contributed by atoms with Gasteiger partial charge in [0.05, 0.1) is 0 Å². The van der Waals surface area contributed by atoms with Crippen molar-refractivity contribution in [3.63, 3.8) is 0 Å². The number of carbonyl (C=O) groups is 2. The Morgan fingerprint density at radius 1 is 0.958 bits per heavy atom. The molecular weight excluding hydrogens is 330 g/mol. The highest BCUT2D eigenvalue weighted by Crippen LogP contribution is 2.15. The number of carboxylic acids is 1. The minimum absolute atomic E-state index is 0.230. The molecule has 1 amide bonds. The van der Waals surface area contributed by atoms with E-state index in [0.29, 0.717) is 17.7 Å². The van der Waals surface area contributed by atoms with Gasteiger partial charge < -0.3 is 10.4 Å². The van der Waals surface area contributed by atoms with E-state index in [9.17, 15) is 27.2 Å². The number of amides is 1. The third kappa shape index (κ3) is 4.09. The zero-order chi connectivity index (χ0) is 17.9. The number of hydrogen-bond donors (Lipinski definition) is 2. The van der Waals surface area contributed by atoms with E-state index in [1.54, 1.807) is 0 Å². The summed E-state index contributed by atoms with van der Waals surface area (Å²) < 4.78 is 52.8. The van der Waals surface area contributed by atoms with Gasteiger partial charge in [-0.05, 0) is 17.7 Å². The van der Waals surface area contributed by atoms with Crippen LogP contribution in [0.1, 0.15) is 15.9 Å². The number of nitrogens with one attached hydrogen (secondary N) is 1. The molecule has 2 rings (SSSR count). The van der Waals surface area contributed by atoms with Crippen LogP contribution in [0.15, 0.2) is 36.4 Å². The summed E-state index contributed by atoms with van der Waals surface area (Å²) >= 11 is 0. The quantitative estimate of drug-likeness (QED) is 0.822. The Morgan fingerprint density at radius 3 is 2.00 bits per heavy atom. The van der Waals surface area contributed by atoms with Crippen LogP contribution in [-0.4, -0.2) is 23.0 Å². The van der Waals surface area contributed by atoms with E-state index in [2.05, 4.69) is 0 Å². The SMILES string of the molecule is O=C(N[C@H](Cc1ccc(F)cc1)C(=O)O)c1c(F)cc(F)cc1F. The molecule has 2 aromatic carbocycles. The molecule has 0 unspecified atom stereocenters. The zero-order valence-corrected chi connectivity index (χ0v) is 12.0. The van der Waals surface area contributed by atoms with Crippen molar-refractivity contribution in [2.45, 2.75) is 12.5 Å². The minimum Gasteiger partial charge on any atom is -0.480 e. The molecule has 0 radical (unpaired) electrons. The first kappa shape index (κ1) is 17.5. The molecule has 0 saturated carbocycles. The largest absolute Gasteiger partial charge is 0.480 e. The number of rotatable bonds is 5. The van der Waals surface area contributed by atoms with E-state index >= 15 is 0 Å². The summed E-state index contributed by atoms with van der Waals surface area (Å²) in [6.07, 6.45) is -0.230. The summed E-state index contributed by atoms with van der Waals surface area (Å²) in [6.45, 7) is 0. The summed E-state index contributed by atoms with van der Waals surface area (Å²) in [7, 11) is 0. The molecule has 0 spiro atoms. The molecule has 4 nitrogen and oxygen atoms in total. The van der Waals surface area contributed by atoms with E-state index in [1.165, 1.54) is 12.1 Å². The smallest absolute Gasteiger partial charge is 0.326 e. The average molecular weight is 341 g/mol. The van der Waals surface area contributed by atoms with E-state index < -0.39 is 46.8 Å². The molecule has 0 aliphatic rings. The maximum absolute atomic E-state index is 13.6. The van der Waals surface area contributed by atoms with Gasteiger partial charge in [0.1, 0.15) is 34.9 Å². The van der Waals surface area contributed by atoms with Gasteiger partial charge in [0.15, 0.2) is 0 Å². The van der Waals surface area contributed by atoms with Crippen molar-refractivity contribution in [3.05, 3.63) is 70.8 Å². The predicted molar refractivity (Wildman–Crippen MR) is 75.3 cm³/mol. The summed E-state index contributed by atoms with van der Waals surface area (Å²) in [5.74, 6) is -7.41. The van der Waals surface area contributed by atoms with Crippen molar-refractivity contribution in [3.8, 4) is 0 Å². The molecule has 2 N–H and O–H groups in total. The first-order chi connectivity index (χ1) is 11.3. The maximum Gasteiger partial charge on any atom is 0.326 e. The molecule has 24 heavy (non-hydrogen) atoms. The monoisotopic (exact) mass is 341 g/mol. The van der Waals surface area contributed by atoms with Crippen molar-refractivity contribution in [1.82, 2.24) is 5.32 Å². The molecule has 2 aromatic rings. The molecule has 0 bridgehead atoms. The second-order valence-corrected chi connectivity index (χ2v) is 4.94. The molecule has 0 fully saturated rings. The van der Waals surface area contributed by atoms with E-state index in [4.69, 9.17) is 5.11 Å². The third-order valence-electron chi connectivity index (χ3n) is 3.19. The van der Waals surface area contributed by atoms with Crippen molar-refractivity contribution >= 4 is 11.9 Å². The lowest BCUT2D eigenvalue weighted by molar-refractivity contribution is -0.139. The third-order valence-corrected chi connectivity index (χ3v) is 3.19. The van der Waals surface area contributed by atoms with Crippen molar-refractivity contribution in [2.75, 3.05) is 0 Å². The highest BCUT2D eigenvalue weighted by molar-refractivity contribution is 5.97. The fourth-order valence-corrected chi connectivity index (χ4v) is 2.05. The molecule has 8 heteroatoms. The Hall–Kier alpha value is -2.90. The lowest BCUT2D eigenvalue weighted by Gasteiger charge is -2.15. The summed E-state index contributed by atoms with van der Waals surface area (Å²) in [4.78, 5) is 23.1. The number of benzene rings is 2. The molecule has 1 atom stereocenters. The van der Waals surface area contributed by atoms with Gasteiger partial charge in [-0.25, -0.2) is 22.4 Å². The van der Waals surface area contributed by atoms with Crippen molar-refractivity contribution < 1.29 is 32.3 Å². The first-order valence-corrected chi connectivity index (χ1v) is 6.70. The first-order valence-electron chi connectivity index (χ1n) is 6.70. The number of halogens is 4. The van der Waals surface area contributed by atoms with Gasteiger partial charge in [0, 0.05) is 18.6 Å². The lowest BCUT2D eigenvalue weighted by atomic mass is 10.1. The lowest BCUT2D eigenvalue weighted by Crippen LogP contribution is -2.43. The second kappa shape index (κ2) is 7.12. The van der Waals surface area contributed by atoms with Gasteiger partial charge in [-0.3, -0.25) is 4.79 Å². The maximum atomic E-state index is 13.6. The molecule has 0 aromatic heterocycles. The van der Waals surface area contributed by atoms with Gasteiger partial charge >= 0.3 is 5.97 Å². The van der Waals surface area contributed by atoms with Gasteiger partial charge in [-0.15, -0.1) is 0 Å². The number of carboxylic acid groups (broad SMARTS) is 1. The van der Waals surface area contributed by atoms with Crippen LogP contribution < -0.4 is 5.32 Å². The van der Waals surface area contributed by atoms with Gasteiger partial charge in [-0.1, -0.05) is 12.1 Å². The number of carbonyl (C=O) groups excluding carboxylic acids is 1. The highest BCUT2D eigenvalue weighted by Gasteiger charge is 2.25. The molecule has 0 heterocycles. The fourth-order valence-electron chi connectivity index (χ4n) is 2.05. The highest BCUT2D eigenvalue weighted by atomic mass is 19.1. The Morgan fingerprint density at radius 2 is 1.50 bits per heavy atom. The Kier molecular flexibility index (Phi) is 5.18. The topological polar surface area (TPSA) is 66.4 Å². The predicted octanol–water partition coefficient (Wildman–Crippen LogP) is 2.67. The van der Waals surface area contributed by atoms with Crippen LogP contribution in [-0.2, 0) is 11.2 Å². The Bertz CT molecular complexity index is 754. The van der Waals surface area contributed by atoms with E-state index in [-0.39, 0.29) is 6.42 Å². The molecule has 126 valence electrons. The van der Waals surface area contributed by atoms with Crippen LogP contribution in [0.4, 0.5) is 17.6 Å². The van der Waals surface area contributed by atoms with Gasteiger partial charge in [0.25, 0.3) is 5.91 Å². The van der Waals surface area contributed by atoms with Crippen LogP contribution in [0.2, 0.25) is 0 Å². The summed E-state index contributed by atoms with van der Waals surface area (Å²) in [5.41, 5.74) is -0.689. The van der Waals surface area contributed by atoms with Crippen LogP contribution in [0.5, 0.6) is 0 Å². The normalized spacial score (nSPS) is 11.8.